The molecule has 1 aromatic heterocycles. The van der Waals surface area contributed by atoms with Crippen LogP contribution in [0, 0.1) is 11.3 Å². The number of ether oxygens (including phenoxy) is 2. The maximum atomic E-state index is 13.0. The fourth-order valence-electron chi connectivity index (χ4n) is 4.25. The normalized spacial score (nSPS) is 21.7. The first kappa shape index (κ1) is 18.1. The molecule has 2 fully saturated rings. The number of nitrogens with zero attached hydrogens (tertiary/aromatic N) is 1. The van der Waals surface area contributed by atoms with Crippen LogP contribution in [0.1, 0.15) is 23.4 Å². The molecule has 7 nitrogen and oxygen atoms in total. The zero-order valence-corrected chi connectivity index (χ0v) is 15.6. The van der Waals surface area contributed by atoms with Crippen molar-refractivity contribution in [2.24, 2.45) is 11.3 Å². The summed E-state index contributed by atoms with van der Waals surface area (Å²) in [5.41, 5.74) is 0.00671. The molecule has 1 amide bonds. The second-order valence-electron chi connectivity index (χ2n) is 7.19. The number of amides is 1. The molecule has 2 aliphatic heterocycles. The second-order valence-corrected chi connectivity index (χ2v) is 7.62. The van der Waals surface area contributed by atoms with Gasteiger partial charge in [0.15, 0.2) is 17.1 Å². The van der Waals surface area contributed by atoms with Crippen molar-refractivity contribution in [1.29, 1.82) is 0 Å². The van der Waals surface area contributed by atoms with Gasteiger partial charge in [-0.15, -0.1) is 0 Å². The lowest BCUT2D eigenvalue weighted by Crippen LogP contribution is -2.40. The Labute approximate surface area is 160 Å². The van der Waals surface area contributed by atoms with E-state index in [0.717, 1.165) is 0 Å². The van der Waals surface area contributed by atoms with Crippen LogP contribution in [0.5, 0.6) is 5.75 Å². The Morgan fingerprint density at radius 2 is 2.04 bits per heavy atom. The lowest BCUT2D eigenvalue weighted by Gasteiger charge is -2.35. The van der Waals surface area contributed by atoms with E-state index in [1.807, 2.05) is 0 Å². The van der Waals surface area contributed by atoms with Gasteiger partial charge in [-0.05, 0) is 25.0 Å². The minimum Gasteiger partial charge on any atom is -0.493 e. The van der Waals surface area contributed by atoms with Gasteiger partial charge in [-0.3, -0.25) is 9.59 Å². The quantitative estimate of drug-likeness (QED) is 0.862. The van der Waals surface area contributed by atoms with Crippen LogP contribution < -0.4 is 4.74 Å². The molecule has 2 saturated heterocycles. The molecular weight excluding hydrogens is 374 g/mol. The summed E-state index contributed by atoms with van der Waals surface area (Å²) >= 11 is 6.08. The number of aliphatic carboxylic acids is 1. The van der Waals surface area contributed by atoms with Gasteiger partial charge in [-0.25, -0.2) is 0 Å². The maximum absolute atomic E-state index is 13.0. The van der Waals surface area contributed by atoms with Gasteiger partial charge in [0.2, 0.25) is 0 Å². The van der Waals surface area contributed by atoms with Crippen LogP contribution in [0.2, 0.25) is 5.02 Å². The summed E-state index contributed by atoms with van der Waals surface area (Å²) in [6.07, 6.45) is 1.27. The van der Waals surface area contributed by atoms with Crippen LogP contribution in [0.15, 0.2) is 22.6 Å². The zero-order chi connectivity index (χ0) is 19.2. The van der Waals surface area contributed by atoms with Gasteiger partial charge in [-0.1, -0.05) is 11.6 Å². The highest BCUT2D eigenvalue weighted by atomic mass is 35.5. The van der Waals surface area contributed by atoms with E-state index in [0.29, 0.717) is 54.3 Å². The Hall–Kier alpha value is -2.25. The Bertz CT molecular complexity index is 901. The molecule has 0 saturated carbocycles. The number of benzene rings is 1. The van der Waals surface area contributed by atoms with Crippen molar-refractivity contribution in [1.82, 2.24) is 4.90 Å². The lowest BCUT2D eigenvalue weighted by molar-refractivity contribution is -0.146. The first-order valence-corrected chi connectivity index (χ1v) is 9.18. The van der Waals surface area contributed by atoms with E-state index in [1.165, 1.54) is 7.11 Å². The lowest BCUT2D eigenvalue weighted by atomic mass is 9.72. The molecule has 144 valence electrons. The van der Waals surface area contributed by atoms with Gasteiger partial charge in [0.05, 0.1) is 13.0 Å². The van der Waals surface area contributed by atoms with E-state index < -0.39 is 17.3 Å². The van der Waals surface area contributed by atoms with E-state index in [2.05, 4.69) is 0 Å². The van der Waals surface area contributed by atoms with Crippen LogP contribution >= 0.6 is 11.6 Å². The fraction of sp³-hybridized carbons (Fsp3) is 0.474. The molecule has 1 unspecified atom stereocenters. The van der Waals surface area contributed by atoms with Crippen molar-refractivity contribution >= 4 is 34.4 Å². The fourth-order valence-corrected chi connectivity index (χ4v) is 4.46. The average Bonchev–Trinajstić information content (AvgIpc) is 3.23. The van der Waals surface area contributed by atoms with Gasteiger partial charge in [0.25, 0.3) is 5.91 Å². The number of fused-ring (bicyclic) bond motifs is 1. The first-order chi connectivity index (χ1) is 12.9. The number of carbonyl (C=O) groups excluding carboxylic acids is 1. The number of carboxylic acid groups (broad SMARTS) is 1. The summed E-state index contributed by atoms with van der Waals surface area (Å²) in [5.74, 6) is -1.19. The summed E-state index contributed by atoms with van der Waals surface area (Å²) in [5, 5.41) is 10.8. The minimum absolute atomic E-state index is 0.152. The Morgan fingerprint density at radius 3 is 2.70 bits per heavy atom. The van der Waals surface area contributed by atoms with E-state index in [-0.39, 0.29) is 18.2 Å². The third-order valence-corrected chi connectivity index (χ3v) is 5.92. The molecule has 2 aliphatic rings. The molecule has 8 heteroatoms. The highest BCUT2D eigenvalue weighted by molar-refractivity contribution is 6.31. The van der Waals surface area contributed by atoms with Crippen molar-refractivity contribution in [2.45, 2.75) is 12.8 Å². The largest absolute Gasteiger partial charge is 0.493 e. The summed E-state index contributed by atoms with van der Waals surface area (Å²) in [4.78, 5) is 26.4. The molecular formula is C19H20ClNO6. The number of furan rings is 1. The predicted molar refractivity (Wildman–Crippen MR) is 97.3 cm³/mol. The highest BCUT2D eigenvalue weighted by Crippen LogP contribution is 2.45. The van der Waals surface area contributed by atoms with E-state index >= 15 is 0 Å². The number of carboxylic acids is 1. The third-order valence-electron chi connectivity index (χ3n) is 5.70. The number of hydrogen-bond acceptors (Lipinski definition) is 5. The second kappa shape index (κ2) is 6.73. The van der Waals surface area contributed by atoms with Crippen LogP contribution in [-0.4, -0.2) is 55.3 Å². The topological polar surface area (TPSA) is 89.2 Å². The predicted octanol–water partition coefficient (Wildman–Crippen LogP) is 3.05. The Balaban J connectivity index is 1.65. The Morgan fingerprint density at radius 1 is 1.30 bits per heavy atom. The van der Waals surface area contributed by atoms with Crippen molar-refractivity contribution in [3.8, 4) is 5.75 Å². The number of halogens is 1. The average molecular weight is 394 g/mol. The third kappa shape index (κ3) is 3.04. The number of rotatable bonds is 3. The van der Waals surface area contributed by atoms with E-state index in [9.17, 15) is 14.7 Å². The summed E-state index contributed by atoms with van der Waals surface area (Å²) in [6, 6.07) is 4.94. The number of hydrogen-bond donors (Lipinski definition) is 1. The molecule has 4 rings (SSSR count). The van der Waals surface area contributed by atoms with Crippen LogP contribution in [0.25, 0.3) is 11.0 Å². The molecule has 0 aliphatic carbocycles. The van der Waals surface area contributed by atoms with Crippen molar-refractivity contribution in [3.05, 3.63) is 29.0 Å². The summed E-state index contributed by atoms with van der Waals surface area (Å²) in [7, 11) is 1.50. The van der Waals surface area contributed by atoms with E-state index in [4.69, 9.17) is 25.5 Å². The van der Waals surface area contributed by atoms with Crippen LogP contribution in [0.4, 0.5) is 0 Å². The molecule has 1 atom stereocenters. The van der Waals surface area contributed by atoms with Crippen molar-refractivity contribution in [2.75, 3.05) is 33.4 Å². The first-order valence-electron chi connectivity index (χ1n) is 8.80. The molecule has 2 aromatic rings. The highest BCUT2D eigenvalue weighted by Gasteiger charge is 2.52. The number of carbonyl (C=O) groups is 2. The Kier molecular flexibility index (Phi) is 4.52. The van der Waals surface area contributed by atoms with E-state index in [1.54, 1.807) is 23.1 Å². The van der Waals surface area contributed by atoms with Gasteiger partial charge >= 0.3 is 5.97 Å². The van der Waals surface area contributed by atoms with Crippen LogP contribution in [-0.2, 0) is 9.53 Å². The minimum atomic E-state index is -0.870. The smallest absolute Gasteiger partial charge is 0.308 e. The van der Waals surface area contributed by atoms with Gasteiger partial charge in [-0.2, -0.15) is 0 Å². The van der Waals surface area contributed by atoms with Crippen molar-refractivity contribution < 1.29 is 28.6 Å². The summed E-state index contributed by atoms with van der Waals surface area (Å²) in [6.45, 7) is 1.60. The molecule has 27 heavy (non-hydrogen) atoms. The standard InChI is InChI=1S/C19H20ClNO6/c1-25-14-8-12(20)6-11-7-15(27-16(11)14)17(22)21-9-13(18(23)24)19(10-21)2-4-26-5-3-19/h6-8,13H,2-5,9-10H2,1H3,(H,23,24). The molecule has 0 radical (unpaired) electrons. The molecule has 1 aromatic carbocycles. The van der Waals surface area contributed by atoms with Gasteiger partial charge in [0.1, 0.15) is 0 Å². The monoisotopic (exact) mass is 393 g/mol. The van der Waals surface area contributed by atoms with Crippen molar-refractivity contribution in [3.63, 3.8) is 0 Å². The molecule has 1 spiro atoms. The zero-order valence-electron chi connectivity index (χ0n) is 14.9. The number of methoxy groups -OCH3 is 1. The van der Waals surface area contributed by atoms with Gasteiger partial charge < -0.3 is 23.9 Å². The number of likely N-dealkylation sites (tertiary alicyclic amines) is 1. The maximum Gasteiger partial charge on any atom is 0.308 e. The SMILES string of the molecule is COc1cc(Cl)cc2cc(C(=O)N3CC(C(=O)O)C4(CCOCC4)C3)oc12. The molecule has 3 heterocycles. The molecule has 0 bridgehead atoms. The van der Waals surface area contributed by atoms with Crippen LogP contribution in [0.3, 0.4) is 0 Å². The summed E-state index contributed by atoms with van der Waals surface area (Å²) < 4.78 is 16.4. The molecule has 1 N–H and O–H groups in total. The van der Waals surface area contributed by atoms with Gasteiger partial charge in [0, 0.05) is 48.2 Å².